The van der Waals surface area contributed by atoms with Gasteiger partial charge in [0, 0.05) is 5.56 Å². The lowest BCUT2D eigenvalue weighted by Gasteiger charge is -2.21. The summed E-state index contributed by atoms with van der Waals surface area (Å²) in [5, 5.41) is 0.514. The van der Waals surface area contributed by atoms with Gasteiger partial charge in [0.25, 0.3) is 5.91 Å². The maximum Gasteiger partial charge on any atom is 0.260 e. The van der Waals surface area contributed by atoms with Crippen LogP contribution < -0.4 is 14.5 Å². The number of carbonyl (C=O) groups is 1. The van der Waals surface area contributed by atoms with Gasteiger partial charge >= 0.3 is 0 Å². The fourth-order valence-corrected chi connectivity index (χ4v) is 3.83. The first-order valence-corrected chi connectivity index (χ1v) is 10.7. The Bertz CT molecular complexity index is 956. The fourth-order valence-electron chi connectivity index (χ4n) is 2.82. The van der Waals surface area contributed by atoms with E-state index in [4.69, 9.17) is 4.74 Å². The molecule has 0 bridgehead atoms. The number of thiazole rings is 1. The van der Waals surface area contributed by atoms with Gasteiger partial charge in [-0.15, -0.1) is 0 Å². The van der Waals surface area contributed by atoms with Gasteiger partial charge in [0.15, 0.2) is 5.13 Å². The zero-order valence-electron chi connectivity index (χ0n) is 17.1. The first-order valence-electron chi connectivity index (χ1n) is 9.88. The number of nitrogens with one attached hydrogen (secondary N) is 1. The highest BCUT2D eigenvalue weighted by Crippen LogP contribution is 2.31. The van der Waals surface area contributed by atoms with E-state index < -0.39 is 0 Å². The number of aromatic nitrogens is 1. The lowest BCUT2D eigenvalue weighted by Crippen LogP contribution is -3.06. The van der Waals surface area contributed by atoms with E-state index in [9.17, 15) is 9.18 Å². The number of likely N-dealkylation sites (N-methyl/N-ethyl adjacent to an activating group) is 1. The maximum atomic E-state index is 14.1. The number of anilines is 1. The van der Waals surface area contributed by atoms with Gasteiger partial charge in [0.2, 0.25) is 0 Å². The number of halogens is 1. The van der Waals surface area contributed by atoms with Crippen LogP contribution in [0.15, 0.2) is 42.5 Å². The number of hydrogen-bond donors (Lipinski definition) is 1. The molecule has 0 spiro atoms. The topological polar surface area (TPSA) is 46.9 Å². The molecule has 7 heteroatoms. The van der Waals surface area contributed by atoms with Crippen molar-refractivity contribution in [2.75, 3.05) is 38.7 Å². The van der Waals surface area contributed by atoms with Gasteiger partial charge < -0.3 is 9.64 Å². The average Bonchev–Trinajstić information content (AvgIpc) is 3.14. The lowest BCUT2D eigenvalue weighted by molar-refractivity contribution is -0.856. The van der Waals surface area contributed by atoms with Crippen LogP contribution in [0.1, 0.15) is 30.1 Å². The minimum atomic E-state index is -0.371. The Labute approximate surface area is 174 Å². The van der Waals surface area contributed by atoms with Crippen LogP contribution in [0.3, 0.4) is 0 Å². The van der Waals surface area contributed by atoms with Crippen molar-refractivity contribution in [3.8, 4) is 5.75 Å². The van der Waals surface area contributed by atoms with Crippen LogP contribution in [-0.4, -0.2) is 44.7 Å². The van der Waals surface area contributed by atoms with Crippen LogP contribution in [0.4, 0.5) is 9.52 Å². The standard InChI is InChI=1S/C22H26FN3O2S/c1-4-5-15-28-17-11-9-16(10-12-17)21(27)26(14-13-25(2)3)22-24-20-18(23)7-6-8-19(20)29-22/h6-12H,4-5,13-15H2,1-3H3/p+1. The highest BCUT2D eigenvalue weighted by molar-refractivity contribution is 7.22. The minimum Gasteiger partial charge on any atom is -0.494 e. The number of quaternary nitrogens is 1. The monoisotopic (exact) mass is 416 g/mol. The lowest BCUT2D eigenvalue weighted by atomic mass is 10.2. The van der Waals surface area contributed by atoms with Gasteiger partial charge in [-0.25, -0.2) is 9.37 Å². The minimum absolute atomic E-state index is 0.147. The number of carbonyl (C=O) groups excluding carboxylic acids is 1. The number of unbranched alkanes of at least 4 members (excludes halogenated alkanes) is 1. The van der Waals surface area contributed by atoms with Gasteiger partial charge in [-0.1, -0.05) is 30.7 Å². The molecular weight excluding hydrogens is 389 g/mol. The summed E-state index contributed by atoms with van der Waals surface area (Å²) in [6.07, 6.45) is 2.07. The molecule has 0 unspecified atom stereocenters. The van der Waals surface area contributed by atoms with Crippen molar-refractivity contribution in [2.24, 2.45) is 0 Å². The Kier molecular flexibility index (Phi) is 7.17. The predicted molar refractivity (Wildman–Crippen MR) is 116 cm³/mol. The molecule has 29 heavy (non-hydrogen) atoms. The van der Waals surface area contributed by atoms with Crippen molar-refractivity contribution in [1.29, 1.82) is 0 Å². The molecule has 0 aliphatic heterocycles. The van der Waals surface area contributed by atoms with Crippen molar-refractivity contribution in [2.45, 2.75) is 19.8 Å². The molecule has 1 amide bonds. The number of nitrogens with zero attached hydrogens (tertiary/aromatic N) is 2. The van der Waals surface area contributed by atoms with Crippen LogP contribution in [0.25, 0.3) is 10.2 Å². The molecule has 0 aliphatic carbocycles. The SMILES string of the molecule is CCCCOc1ccc(C(=O)N(CC[NH+](C)C)c2nc3c(F)cccc3s2)cc1. The average molecular weight is 417 g/mol. The summed E-state index contributed by atoms with van der Waals surface area (Å²) in [6.45, 7) is 4.03. The smallest absolute Gasteiger partial charge is 0.260 e. The Hall–Kier alpha value is -2.51. The second-order valence-electron chi connectivity index (χ2n) is 7.22. The molecule has 5 nitrogen and oxygen atoms in total. The number of fused-ring (bicyclic) bond motifs is 1. The maximum absolute atomic E-state index is 14.1. The number of amides is 1. The van der Waals surface area contributed by atoms with Crippen molar-refractivity contribution in [3.63, 3.8) is 0 Å². The molecule has 0 saturated heterocycles. The summed E-state index contributed by atoms with van der Waals surface area (Å²) in [4.78, 5) is 20.5. The number of para-hydroxylation sites is 1. The summed E-state index contributed by atoms with van der Waals surface area (Å²) in [5.41, 5.74) is 0.864. The number of rotatable bonds is 9. The van der Waals surface area contributed by atoms with Gasteiger partial charge in [0.1, 0.15) is 17.1 Å². The Morgan fingerprint density at radius 1 is 1.21 bits per heavy atom. The van der Waals surface area contributed by atoms with E-state index in [1.807, 2.05) is 32.3 Å². The third-order valence-corrected chi connectivity index (χ3v) is 5.58. The molecule has 3 aromatic rings. The summed E-state index contributed by atoms with van der Waals surface area (Å²) < 4.78 is 20.5. The second-order valence-corrected chi connectivity index (χ2v) is 8.23. The quantitative estimate of drug-likeness (QED) is 0.544. The van der Waals surface area contributed by atoms with Crippen LogP contribution >= 0.6 is 11.3 Å². The normalized spacial score (nSPS) is 11.2. The fraction of sp³-hybridized carbons (Fsp3) is 0.364. The largest absolute Gasteiger partial charge is 0.494 e. The zero-order valence-corrected chi connectivity index (χ0v) is 17.9. The molecule has 0 atom stereocenters. The number of benzene rings is 2. The molecule has 0 aliphatic rings. The predicted octanol–water partition coefficient (Wildman–Crippen LogP) is 3.41. The number of hydrogen-bond acceptors (Lipinski definition) is 4. The van der Waals surface area contributed by atoms with Crippen molar-refractivity contribution < 1.29 is 18.8 Å². The molecule has 3 rings (SSSR count). The first-order chi connectivity index (χ1) is 14.0. The van der Waals surface area contributed by atoms with Gasteiger partial charge in [-0.05, 0) is 42.8 Å². The molecule has 2 aromatic carbocycles. The van der Waals surface area contributed by atoms with Crippen LogP contribution in [0.2, 0.25) is 0 Å². The van der Waals surface area contributed by atoms with Gasteiger partial charge in [-0.3, -0.25) is 9.69 Å². The summed E-state index contributed by atoms with van der Waals surface area (Å²) in [5.74, 6) is 0.233. The molecule has 154 valence electrons. The zero-order chi connectivity index (χ0) is 20.8. The van der Waals surface area contributed by atoms with E-state index in [0.29, 0.717) is 29.4 Å². The summed E-state index contributed by atoms with van der Waals surface area (Å²) >= 11 is 1.33. The van der Waals surface area contributed by atoms with E-state index in [2.05, 4.69) is 11.9 Å². The third kappa shape index (κ3) is 5.31. The van der Waals surface area contributed by atoms with Crippen molar-refractivity contribution in [1.82, 2.24) is 4.98 Å². The molecule has 1 aromatic heterocycles. The van der Waals surface area contributed by atoms with Gasteiger partial charge in [0.05, 0.1) is 38.5 Å². The number of ether oxygens (including phenoxy) is 1. The van der Waals surface area contributed by atoms with E-state index in [-0.39, 0.29) is 11.7 Å². The Morgan fingerprint density at radius 3 is 2.62 bits per heavy atom. The highest BCUT2D eigenvalue weighted by atomic mass is 32.1. The molecule has 1 heterocycles. The molecular formula is C22H27FN3O2S+. The molecule has 0 fully saturated rings. The van der Waals surface area contributed by atoms with Crippen LogP contribution in [0, 0.1) is 5.82 Å². The van der Waals surface area contributed by atoms with Crippen LogP contribution in [-0.2, 0) is 0 Å². The molecule has 1 N–H and O–H groups in total. The molecule has 0 saturated carbocycles. The van der Waals surface area contributed by atoms with E-state index in [1.54, 1.807) is 23.1 Å². The highest BCUT2D eigenvalue weighted by Gasteiger charge is 2.23. The summed E-state index contributed by atoms with van der Waals surface area (Å²) in [7, 11) is 4.06. The van der Waals surface area contributed by atoms with Crippen LogP contribution in [0.5, 0.6) is 5.75 Å². The second kappa shape index (κ2) is 9.80. The van der Waals surface area contributed by atoms with E-state index in [0.717, 1.165) is 29.8 Å². The third-order valence-electron chi connectivity index (χ3n) is 4.54. The molecule has 0 radical (unpaired) electrons. The Morgan fingerprint density at radius 2 is 1.97 bits per heavy atom. The first kappa shape index (κ1) is 21.2. The van der Waals surface area contributed by atoms with Gasteiger partial charge in [-0.2, -0.15) is 0 Å². The van der Waals surface area contributed by atoms with E-state index in [1.165, 1.54) is 22.3 Å². The Balaban J connectivity index is 1.85. The van der Waals surface area contributed by atoms with Crippen molar-refractivity contribution >= 4 is 32.6 Å². The van der Waals surface area contributed by atoms with Crippen molar-refractivity contribution in [3.05, 3.63) is 53.8 Å². The summed E-state index contributed by atoms with van der Waals surface area (Å²) in [6, 6.07) is 12.0. The van der Waals surface area contributed by atoms with E-state index >= 15 is 0 Å².